The Morgan fingerprint density at radius 2 is 1.29 bits per heavy atom. The number of hydrogen-bond donors (Lipinski definition) is 6. The molecule has 0 fully saturated rings. The topological polar surface area (TPSA) is 192 Å². The number of fused-ring (bicyclic) bond motifs is 19. The fourth-order valence-electron chi connectivity index (χ4n) is 5.91. The van der Waals surface area contributed by atoms with Gasteiger partial charge in [0.1, 0.15) is 31.3 Å². The molecule has 3 heterocycles. The van der Waals surface area contributed by atoms with Gasteiger partial charge in [-0.2, -0.15) is 0 Å². The van der Waals surface area contributed by atoms with Crippen LogP contribution in [0.25, 0.3) is 11.1 Å². The molecule has 58 heavy (non-hydrogen) atoms. The third kappa shape index (κ3) is 13.8. The molecule has 13 nitrogen and oxygen atoms in total. The zero-order valence-electron chi connectivity index (χ0n) is 31.8. The van der Waals surface area contributed by atoms with Crippen LogP contribution in [0.3, 0.4) is 0 Å². The van der Waals surface area contributed by atoms with E-state index < -0.39 is 73.4 Å². The number of hydrogen-bond acceptors (Lipinski definition) is 8. The number of aliphatic carboxylic acids is 1. The van der Waals surface area contributed by atoms with Crippen molar-refractivity contribution in [2.45, 2.75) is 44.3 Å². The van der Waals surface area contributed by atoms with Gasteiger partial charge in [0.25, 0.3) is 0 Å². The first-order valence-corrected chi connectivity index (χ1v) is 19.4. The van der Waals surface area contributed by atoms with Gasteiger partial charge in [0.05, 0.1) is 6.54 Å². The van der Waals surface area contributed by atoms with E-state index in [1.807, 2.05) is 11.4 Å². The summed E-state index contributed by atoms with van der Waals surface area (Å²) in [7, 11) is 0. The van der Waals surface area contributed by atoms with Crippen molar-refractivity contribution in [3.63, 3.8) is 0 Å². The van der Waals surface area contributed by atoms with Gasteiger partial charge in [-0.25, -0.2) is 4.79 Å². The summed E-state index contributed by atoms with van der Waals surface area (Å²) in [6.07, 6.45) is 0.133. The van der Waals surface area contributed by atoms with Gasteiger partial charge >= 0.3 is 5.97 Å². The van der Waals surface area contributed by atoms with Crippen molar-refractivity contribution in [2.24, 2.45) is 0 Å². The molecule has 3 atom stereocenters. The Kier molecular flexibility index (Phi) is 15.8. The van der Waals surface area contributed by atoms with E-state index in [0.29, 0.717) is 16.8 Å². The monoisotopic (exact) mass is 803 g/mol. The predicted molar refractivity (Wildman–Crippen MR) is 221 cm³/mol. The number of aryl methyl sites for hydroxylation is 1. The summed E-state index contributed by atoms with van der Waals surface area (Å²) in [5.74, 6) is -4.51. The van der Waals surface area contributed by atoms with Crippen molar-refractivity contribution in [3.05, 3.63) is 148 Å². The van der Waals surface area contributed by atoms with Crippen molar-refractivity contribution in [2.75, 3.05) is 25.1 Å². The molecule has 6 N–H and O–H groups in total. The van der Waals surface area contributed by atoms with Gasteiger partial charge in [0.15, 0.2) is 0 Å². The van der Waals surface area contributed by atoms with E-state index in [2.05, 4.69) is 82.0 Å². The lowest BCUT2D eigenvalue weighted by Gasteiger charge is -2.22. The standard InChI is InChI=1S/C31H33N5O8S.C13H12/c37-26-16-32-29(40)24(15-22-7-4-12-45-22)35-28(39)18-44-17-27(38)33-21-10-8-20(9-11-21)14-25(31(42)43)36-30(41)23(34-26)13-19-5-2-1-3-6-19;1-11-7-9-13(10-8-11)12-5-3-2-4-6-12/h1-12,23-25H,13-18H2,(H,32,40)(H,33,38)(H,34,37)(H,35,39)(H,36,41)(H,42,43);2-10H,1H3/t23-,24-,25+;/m1./s1. The maximum atomic E-state index is 13.4. The quantitative estimate of drug-likeness (QED) is 0.139. The summed E-state index contributed by atoms with van der Waals surface area (Å²) in [6.45, 7) is 0.663. The molecule has 2 bridgehead atoms. The molecule has 7 rings (SSSR count). The minimum absolute atomic E-state index is 0.0597. The average molecular weight is 804 g/mol. The summed E-state index contributed by atoms with van der Waals surface area (Å²) in [5.41, 5.74) is 5.56. The lowest BCUT2D eigenvalue weighted by atomic mass is 10.0. The molecule has 4 aromatic carbocycles. The number of anilines is 1. The van der Waals surface area contributed by atoms with Crippen LogP contribution >= 0.6 is 11.3 Å². The lowest BCUT2D eigenvalue weighted by molar-refractivity contribution is -0.142. The molecule has 0 saturated carbocycles. The first-order valence-electron chi connectivity index (χ1n) is 18.6. The number of carboxylic acids is 1. The molecule has 5 amide bonds. The number of rotatable bonds is 6. The molecule has 14 heteroatoms. The third-order valence-electron chi connectivity index (χ3n) is 8.91. The second-order valence-corrected chi connectivity index (χ2v) is 14.5. The SMILES string of the molecule is Cc1ccc(-c2ccccc2)cc1.O=C1COCC(=O)N[C@H](Cc2cccs2)C(=O)NCC(=O)N[C@H](Cc2ccccc2)C(=O)N[C@H](C(=O)O)Cc2ccc(cc2)N1. The Hall–Kier alpha value is -6.64. The highest BCUT2D eigenvalue weighted by atomic mass is 32.1. The van der Waals surface area contributed by atoms with Crippen molar-refractivity contribution in [1.29, 1.82) is 0 Å². The van der Waals surface area contributed by atoms with E-state index in [0.717, 1.165) is 4.88 Å². The van der Waals surface area contributed by atoms with Gasteiger partial charge in [-0.15, -0.1) is 11.3 Å². The summed E-state index contributed by atoms with van der Waals surface area (Å²) < 4.78 is 5.23. The van der Waals surface area contributed by atoms with Crippen LogP contribution in [-0.2, 0) is 52.8 Å². The molecular formula is C44H45N5O8S. The van der Waals surface area contributed by atoms with Crippen molar-refractivity contribution < 1.29 is 38.6 Å². The minimum Gasteiger partial charge on any atom is -0.480 e. The zero-order chi connectivity index (χ0) is 41.3. The number of amides is 5. The Morgan fingerprint density at radius 1 is 0.672 bits per heavy atom. The summed E-state index contributed by atoms with van der Waals surface area (Å²) in [4.78, 5) is 77.3. The van der Waals surface area contributed by atoms with Gasteiger partial charge in [0, 0.05) is 29.8 Å². The number of carboxylic acid groups (broad SMARTS) is 1. The molecule has 1 aromatic heterocycles. The van der Waals surface area contributed by atoms with Crippen LogP contribution < -0.4 is 26.6 Å². The second kappa shape index (κ2) is 21.6. The fourth-order valence-corrected chi connectivity index (χ4v) is 6.66. The highest BCUT2D eigenvalue weighted by molar-refractivity contribution is 7.09. The van der Waals surface area contributed by atoms with E-state index in [4.69, 9.17) is 4.74 Å². The smallest absolute Gasteiger partial charge is 0.326 e. The van der Waals surface area contributed by atoms with Crippen LogP contribution in [0.4, 0.5) is 5.69 Å². The predicted octanol–water partition coefficient (Wildman–Crippen LogP) is 4.06. The number of benzene rings is 4. The summed E-state index contributed by atoms with van der Waals surface area (Å²) in [6, 6.07) is 34.3. The Balaban J connectivity index is 0.000000414. The van der Waals surface area contributed by atoms with Crippen LogP contribution in [0.2, 0.25) is 0 Å². The van der Waals surface area contributed by atoms with Gasteiger partial charge in [-0.3, -0.25) is 24.0 Å². The van der Waals surface area contributed by atoms with Gasteiger partial charge in [0.2, 0.25) is 29.5 Å². The van der Waals surface area contributed by atoms with Gasteiger partial charge in [-0.05, 0) is 52.8 Å². The molecule has 2 aliphatic rings. The van der Waals surface area contributed by atoms with Crippen molar-refractivity contribution in [3.8, 4) is 11.1 Å². The highest BCUT2D eigenvalue weighted by Crippen LogP contribution is 2.19. The highest BCUT2D eigenvalue weighted by Gasteiger charge is 2.28. The first kappa shape index (κ1) is 42.5. The summed E-state index contributed by atoms with van der Waals surface area (Å²) in [5, 5.41) is 24.5. The van der Waals surface area contributed by atoms with Crippen molar-refractivity contribution >= 4 is 52.5 Å². The Bertz CT molecular complexity index is 2130. The fraction of sp³-hybridized carbons (Fsp3) is 0.227. The van der Waals surface area contributed by atoms with E-state index >= 15 is 0 Å². The second-order valence-electron chi connectivity index (χ2n) is 13.5. The molecule has 0 unspecified atom stereocenters. The number of ether oxygens (including phenoxy) is 1. The first-order chi connectivity index (χ1) is 28.0. The number of carbonyl (C=O) groups is 6. The van der Waals surface area contributed by atoms with Gasteiger partial charge < -0.3 is 36.4 Å². The maximum absolute atomic E-state index is 13.4. The minimum atomic E-state index is -1.32. The maximum Gasteiger partial charge on any atom is 0.326 e. The van der Waals surface area contributed by atoms with E-state index in [1.165, 1.54) is 28.0 Å². The Labute approximate surface area is 340 Å². The van der Waals surface area contributed by atoms with Crippen LogP contribution in [0.1, 0.15) is 21.6 Å². The molecular weight excluding hydrogens is 759 g/mol. The van der Waals surface area contributed by atoms with E-state index in [1.54, 1.807) is 66.7 Å². The van der Waals surface area contributed by atoms with Crippen LogP contribution in [0, 0.1) is 6.92 Å². The lowest BCUT2D eigenvalue weighted by Crippen LogP contribution is -2.55. The Morgan fingerprint density at radius 3 is 1.95 bits per heavy atom. The van der Waals surface area contributed by atoms with Crippen LogP contribution in [0.15, 0.2) is 127 Å². The van der Waals surface area contributed by atoms with Crippen LogP contribution in [-0.4, -0.2) is 78.5 Å². The average Bonchev–Trinajstić information content (AvgIpc) is 3.74. The van der Waals surface area contributed by atoms with Crippen LogP contribution in [0.5, 0.6) is 0 Å². The molecule has 2 aliphatic heterocycles. The van der Waals surface area contributed by atoms with E-state index in [-0.39, 0.29) is 19.3 Å². The number of carbonyl (C=O) groups excluding carboxylic acids is 5. The number of nitrogens with one attached hydrogen (secondary N) is 5. The molecule has 5 aromatic rings. The molecule has 0 radical (unpaired) electrons. The number of thiophene rings is 1. The van der Waals surface area contributed by atoms with Crippen molar-refractivity contribution in [1.82, 2.24) is 21.3 Å². The molecule has 0 spiro atoms. The molecule has 0 aliphatic carbocycles. The van der Waals surface area contributed by atoms with Gasteiger partial charge in [-0.1, -0.05) is 109 Å². The normalized spacial score (nSPS) is 18.4. The largest absolute Gasteiger partial charge is 0.480 e. The third-order valence-corrected chi connectivity index (χ3v) is 9.81. The van der Waals surface area contributed by atoms with E-state index in [9.17, 15) is 33.9 Å². The zero-order valence-corrected chi connectivity index (χ0v) is 32.6. The molecule has 300 valence electrons. The molecule has 0 saturated heterocycles. The summed E-state index contributed by atoms with van der Waals surface area (Å²) >= 11 is 1.39.